The number of furan rings is 1. The minimum atomic E-state index is 0.414. The van der Waals surface area contributed by atoms with Crippen LogP contribution in [0.3, 0.4) is 0 Å². The lowest BCUT2D eigenvalue weighted by Crippen LogP contribution is -2.48. The van der Waals surface area contributed by atoms with Crippen LogP contribution in [0.4, 0.5) is 17.1 Å². The van der Waals surface area contributed by atoms with Crippen LogP contribution in [0.25, 0.3) is 77.2 Å². The maximum Gasteiger partial charge on any atom is 0.136 e. The predicted octanol–water partition coefficient (Wildman–Crippen LogP) is 17.3. The Balaban J connectivity index is 0.873. The highest BCUT2D eigenvalue weighted by molar-refractivity contribution is 6.07. The van der Waals surface area contributed by atoms with Crippen molar-refractivity contribution in [1.82, 2.24) is 0 Å². The van der Waals surface area contributed by atoms with Gasteiger partial charge in [-0.15, -0.1) is 0 Å². The Labute approximate surface area is 375 Å². The van der Waals surface area contributed by atoms with E-state index in [1.54, 1.807) is 5.56 Å². The van der Waals surface area contributed by atoms with Gasteiger partial charge in [0.1, 0.15) is 11.2 Å². The first-order valence-electron chi connectivity index (χ1n) is 23.3. The molecule has 0 saturated heterocycles. The average molecular weight is 824 g/mol. The number of hydrogen-bond acceptors (Lipinski definition) is 2. The SMILES string of the molecule is c1ccc(-c2cccc3cccc(-c4ccc(N(c5ccc(-c6ccc(C78CC9CC(CC(C9)C7)C8)cc6)cc5)c5cccc(-c6ccc7c(c6)oc6ccccc67)c5)cc4)c23)cc1. The Kier molecular flexibility index (Phi) is 8.76. The van der Waals surface area contributed by atoms with Crippen LogP contribution in [0, 0.1) is 17.8 Å². The summed E-state index contributed by atoms with van der Waals surface area (Å²) >= 11 is 0. The average Bonchev–Trinajstić information content (AvgIpc) is 3.72. The Bertz CT molecular complexity index is 3300. The Morgan fingerprint density at radius 1 is 0.375 bits per heavy atom. The lowest BCUT2D eigenvalue weighted by molar-refractivity contribution is -0.00518. The van der Waals surface area contributed by atoms with Crippen LogP contribution in [0.2, 0.25) is 0 Å². The van der Waals surface area contributed by atoms with Crippen LogP contribution >= 0.6 is 0 Å². The second-order valence-electron chi connectivity index (χ2n) is 19.1. The normalized spacial score (nSPS) is 20.0. The molecule has 64 heavy (non-hydrogen) atoms. The minimum absolute atomic E-state index is 0.414. The topological polar surface area (TPSA) is 16.4 Å². The van der Waals surface area contributed by atoms with Crippen molar-refractivity contribution in [3.8, 4) is 44.5 Å². The van der Waals surface area contributed by atoms with Crippen molar-refractivity contribution in [3.05, 3.63) is 212 Å². The second-order valence-corrected chi connectivity index (χ2v) is 19.1. The molecule has 0 unspecified atom stereocenters. The maximum absolute atomic E-state index is 6.34. The molecule has 4 aliphatic rings. The number of para-hydroxylation sites is 1. The summed E-state index contributed by atoms with van der Waals surface area (Å²) in [5.74, 6) is 2.85. The first-order chi connectivity index (χ1) is 31.6. The van der Waals surface area contributed by atoms with Gasteiger partial charge in [0.25, 0.3) is 0 Å². The molecular formula is C62H49NO. The van der Waals surface area contributed by atoms with Crippen LogP contribution in [0.5, 0.6) is 0 Å². The van der Waals surface area contributed by atoms with Gasteiger partial charge < -0.3 is 9.32 Å². The molecule has 2 nitrogen and oxygen atoms in total. The molecule has 0 atom stereocenters. The molecule has 4 aliphatic carbocycles. The molecule has 1 heterocycles. The molecule has 4 fully saturated rings. The van der Waals surface area contributed by atoms with Gasteiger partial charge in [0.15, 0.2) is 0 Å². The van der Waals surface area contributed by atoms with Crippen LogP contribution < -0.4 is 4.90 Å². The van der Waals surface area contributed by atoms with Crippen LogP contribution in [0.15, 0.2) is 211 Å². The number of fused-ring (bicyclic) bond motifs is 4. The van der Waals surface area contributed by atoms with E-state index in [4.69, 9.17) is 4.42 Å². The highest BCUT2D eigenvalue weighted by Crippen LogP contribution is 2.61. The van der Waals surface area contributed by atoms with E-state index in [0.29, 0.717) is 5.41 Å². The molecule has 1 aromatic heterocycles. The fourth-order valence-electron chi connectivity index (χ4n) is 12.7. The summed E-state index contributed by atoms with van der Waals surface area (Å²) in [5, 5.41) is 4.80. The van der Waals surface area contributed by atoms with E-state index in [0.717, 1.165) is 67.9 Å². The third-order valence-corrected chi connectivity index (χ3v) is 15.2. The summed E-state index contributed by atoms with van der Waals surface area (Å²) < 4.78 is 6.34. The van der Waals surface area contributed by atoms with Crippen molar-refractivity contribution >= 4 is 49.8 Å². The Hall–Kier alpha value is -7.16. The van der Waals surface area contributed by atoms with Crippen LogP contribution in [0.1, 0.15) is 44.1 Å². The zero-order valence-corrected chi connectivity index (χ0v) is 36.0. The molecule has 9 aromatic carbocycles. The van der Waals surface area contributed by atoms with Gasteiger partial charge in [0, 0.05) is 27.8 Å². The molecule has 0 spiro atoms. The summed E-state index contributed by atoms with van der Waals surface area (Å²) in [5.41, 5.74) is 16.8. The zero-order chi connectivity index (χ0) is 42.2. The zero-order valence-electron chi connectivity index (χ0n) is 36.0. The second kappa shape index (κ2) is 15.0. The van der Waals surface area contributed by atoms with Crippen LogP contribution in [-0.2, 0) is 5.41 Å². The summed E-state index contributed by atoms with van der Waals surface area (Å²) in [4.78, 5) is 2.39. The smallest absolute Gasteiger partial charge is 0.136 e. The highest BCUT2D eigenvalue weighted by atomic mass is 16.3. The predicted molar refractivity (Wildman–Crippen MR) is 268 cm³/mol. The van der Waals surface area contributed by atoms with Crippen LogP contribution in [-0.4, -0.2) is 0 Å². The molecule has 4 saturated carbocycles. The molecule has 14 rings (SSSR count). The summed E-state index contributed by atoms with van der Waals surface area (Å²) in [6.07, 6.45) is 8.64. The van der Waals surface area contributed by atoms with Gasteiger partial charge in [0.05, 0.1) is 0 Å². The largest absolute Gasteiger partial charge is 0.456 e. The molecule has 2 heteroatoms. The van der Waals surface area contributed by atoms with Crippen molar-refractivity contribution in [2.75, 3.05) is 4.90 Å². The van der Waals surface area contributed by atoms with E-state index in [9.17, 15) is 0 Å². The van der Waals surface area contributed by atoms with Gasteiger partial charge in [-0.2, -0.15) is 0 Å². The quantitative estimate of drug-likeness (QED) is 0.152. The van der Waals surface area contributed by atoms with E-state index in [2.05, 4.69) is 199 Å². The summed E-state index contributed by atoms with van der Waals surface area (Å²) in [7, 11) is 0. The maximum atomic E-state index is 6.34. The van der Waals surface area contributed by atoms with E-state index < -0.39 is 0 Å². The fourth-order valence-corrected chi connectivity index (χ4v) is 12.7. The lowest BCUT2D eigenvalue weighted by atomic mass is 9.48. The van der Waals surface area contributed by atoms with E-state index >= 15 is 0 Å². The van der Waals surface area contributed by atoms with Gasteiger partial charge in [-0.3, -0.25) is 0 Å². The van der Waals surface area contributed by atoms with Crippen molar-refractivity contribution in [1.29, 1.82) is 0 Å². The van der Waals surface area contributed by atoms with Crippen molar-refractivity contribution in [2.45, 2.75) is 43.9 Å². The minimum Gasteiger partial charge on any atom is -0.456 e. The first kappa shape index (κ1) is 37.4. The summed E-state index contributed by atoms with van der Waals surface area (Å²) in [6, 6.07) is 75.9. The van der Waals surface area contributed by atoms with Crippen molar-refractivity contribution in [3.63, 3.8) is 0 Å². The summed E-state index contributed by atoms with van der Waals surface area (Å²) in [6.45, 7) is 0. The van der Waals surface area contributed by atoms with Gasteiger partial charge >= 0.3 is 0 Å². The molecule has 10 aromatic rings. The Morgan fingerprint density at radius 2 is 0.891 bits per heavy atom. The van der Waals surface area contributed by atoms with Gasteiger partial charge in [-0.25, -0.2) is 0 Å². The number of hydrogen-bond donors (Lipinski definition) is 0. The Morgan fingerprint density at radius 3 is 1.56 bits per heavy atom. The third kappa shape index (κ3) is 6.38. The number of anilines is 3. The number of rotatable bonds is 8. The van der Waals surface area contributed by atoms with Crippen molar-refractivity contribution < 1.29 is 4.42 Å². The van der Waals surface area contributed by atoms with Crippen molar-refractivity contribution in [2.24, 2.45) is 17.8 Å². The van der Waals surface area contributed by atoms with E-state index in [1.165, 1.54) is 82.7 Å². The third-order valence-electron chi connectivity index (χ3n) is 15.2. The molecule has 0 N–H and O–H groups in total. The number of nitrogens with zero attached hydrogens (tertiary/aromatic N) is 1. The van der Waals surface area contributed by atoms with E-state index in [1.807, 2.05) is 12.1 Å². The molecular weight excluding hydrogens is 775 g/mol. The first-order valence-corrected chi connectivity index (χ1v) is 23.3. The molecule has 0 amide bonds. The molecule has 0 aliphatic heterocycles. The highest BCUT2D eigenvalue weighted by Gasteiger charge is 2.51. The lowest BCUT2D eigenvalue weighted by Gasteiger charge is -2.57. The van der Waals surface area contributed by atoms with Gasteiger partial charge in [0.2, 0.25) is 0 Å². The monoisotopic (exact) mass is 823 g/mol. The fraction of sp³-hybridized carbons (Fsp3) is 0.161. The molecule has 308 valence electrons. The molecule has 4 bridgehead atoms. The van der Waals surface area contributed by atoms with Gasteiger partial charge in [-0.05, 0) is 177 Å². The molecule has 0 radical (unpaired) electrons. The van der Waals surface area contributed by atoms with E-state index in [-0.39, 0.29) is 0 Å². The number of benzene rings is 9. The van der Waals surface area contributed by atoms with Gasteiger partial charge in [-0.1, -0.05) is 152 Å². The standard InChI is InChI=1S/C62H49NO/c1-2-9-46(10-3-1)55-16-7-11-48-12-8-17-56(61(48)55)47-23-30-53(31-24-47)63(54-14-6-13-49(36-54)50-25-32-58-57-15-4-5-18-59(57)64-60(58)37-50)52-28-21-45(22-29-52)44-19-26-51(27-20-44)62-38-41-33-42(39-62)35-43(34-41)40-62/h1-32,36-37,41-43H,33-35,38-40H2.